The van der Waals surface area contributed by atoms with Gasteiger partial charge in [0, 0.05) is 13.0 Å². The predicted molar refractivity (Wildman–Crippen MR) is 78.0 cm³/mol. The first-order chi connectivity index (χ1) is 10.1. The molecule has 0 aliphatic heterocycles. The lowest BCUT2D eigenvalue weighted by Crippen LogP contribution is -2.43. The molecule has 3 rings (SSSR count). The Balaban J connectivity index is 1.61. The maximum Gasteiger partial charge on any atom is 0.245 e. The van der Waals surface area contributed by atoms with Gasteiger partial charge in [-0.25, -0.2) is 4.98 Å². The van der Waals surface area contributed by atoms with Crippen LogP contribution in [0.3, 0.4) is 0 Å². The van der Waals surface area contributed by atoms with E-state index in [4.69, 9.17) is 0 Å². The topological polar surface area (TPSA) is 76.0 Å². The fourth-order valence-corrected chi connectivity index (χ4v) is 2.45. The Morgan fingerprint density at radius 2 is 2.05 bits per heavy atom. The third-order valence-corrected chi connectivity index (χ3v) is 3.97. The number of para-hydroxylation sites is 2. The van der Waals surface area contributed by atoms with Crippen molar-refractivity contribution >= 4 is 22.8 Å². The van der Waals surface area contributed by atoms with E-state index in [1.165, 1.54) is 0 Å². The van der Waals surface area contributed by atoms with Gasteiger partial charge in [0.1, 0.15) is 5.82 Å². The number of nitrogens with zero attached hydrogens (tertiary/aromatic N) is 2. The van der Waals surface area contributed by atoms with E-state index in [1.807, 2.05) is 42.8 Å². The first-order valence-electron chi connectivity index (χ1n) is 7.05. The van der Waals surface area contributed by atoms with Gasteiger partial charge < -0.3 is 4.57 Å². The SMILES string of the molecule is C[C@@H]1C[C@H]1C(=O)NNC(=O)Cc1nc2ccccc2n1C. The first kappa shape index (κ1) is 13.6. The summed E-state index contributed by atoms with van der Waals surface area (Å²) < 4.78 is 1.89. The molecule has 1 aliphatic rings. The van der Waals surface area contributed by atoms with Gasteiger partial charge in [-0.3, -0.25) is 20.4 Å². The van der Waals surface area contributed by atoms with Crippen LogP contribution in [-0.4, -0.2) is 21.4 Å². The van der Waals surface area contributed by atoms with Gasteiger partial charge in [-0.2, -0.15) is 0 Å². The van der Waals surface area contributed by atoms with Gasteiger partial charge in [-0.15, -0.1) is 0 Å². The van der Waals surface area contributed by atoms with Crippen LogP contribution < -0.4 is 10.9 Å². The smallest absolute Gasteiger partial charge is 0.245 e. The van der Waals surface area contributed by atoms with Crippen LogP contribution in [0.25, 0.3) is 11.0 Å². The average Bonchev–Trinajstić information content (AvgIpc) is 3.13. The van der Waals surface area contributed by atoms with Crippen molar-refractivity contribution in [2.75, 3.05) is 0 Å². The Labute approximate surface area is 122 Å². The molecule has 21 heavy (non-hydrogen) atoms. The standard InChI is InChI=1S/C15H18N4O2/c1-9-7-10(9)15(21)18-17-14(20)8-13-16-11-5-3-4-6-12(11)19(13)2/h3-6,9-10H,7-8H2,1-2H3,(H,17,20)(H,18,21)/t9-,10-/m1/s1. The molecule has 1 aromatic heterocycles. The molecule has 1 aliphatic carbocycles. The number of hydrazine groups is 1. The van der Waals surface area contributed by atoms with E-state index in [0.717, 1.165) is 17.5 Å². The van der Waals surface area contributed by atoms with Crippen molar-refractivity contribution in [1.29, 1.82) is 0 Å². The second kappa shape index (κ2) is 5.20. The number of carbonyl (C=O) groups is 2. The number of carbonyl (C=O) groups excluding carboxylic acids is 2. The van der Waals surface area contributed by atoms with Gasteiger partial charge >= 0.3 is 0 Å². The van der Waals surface area contributed by atoms with Crippen LogP contribution in [0.4, 0.5) is 0 Å². The lowest BCUT2D eigenvalue weighted by molar-refractivity contribution is -0.129. The van der Waals surface area contributed by atoms with Gasteiger partial charge in [0.25, 0.3) is 0 Å². The number of hydrogen-bond acceptors (Lipinski definition) is 3. The molecule has 0 spiro atoms. The molecule has 1 aromatic carbocycles. The minimum atomic E-state index is -0.268. The van der Waals surface area contributed by atoms with Crippen LogP contribution in [-0.2, 0) is 23.1 Å². The zero-order valence-corrected chi connectivity index (χ0v) is 12.1. The highest BCUT2D eigenvalue weighted by atomic mass is 16.2. The minimum Gasteiger partial charge on any atom is -0.331 e. The van der Waals surface area contributed by atoms with E-state index in [1.54, 1.807) is 0 Å². The van der Waals surface area contributed by atoms with E-state index >= 15 is 0 Å². The fraction of sp³-hybridized carbons (Fsp3) is 0.400. The quantitative estimate of drug-likeness (QED) is 0.824. The predicted octanol–water partition coefficient (Wildman–Crippen LogP) is 0.919. The average molecular weight is 286 g/mol. The molecule has 0 unspecified atom stereocenters. The second-order valence-corrected chi connectivity index (χ2v) is 5.61. The Bertz CT molecular complexity index is 707. The Hall–Kier alpha value is -2.37. The molecule has 1 fully saturated rings. The first-order valence-corrected chi connectivity index (χ1v) is 7.05. The third kappa shape index (κ3) is 2.74. The molecule has 2 amide bonds. The van der Waals surface area contributed by atoms with Crippen molar-refractivity contribution in [1.82, 2.24) is 20.4 Å². The van der Waals surface area contributed by atoms with Crippen molar-refractivity contribution < 1.29 is 9.59 Å². The molecule has 2 N–H and O–H groups in total. The number of rotatable bonds is 3. The lowest BCUT2D eigenvalue weighted by Gasteiger charge is -2.07. The van der Waals surface area contributed by atoms with Crippen LogP contribution in [0.15, 0.2) is 24.3 Å². The summed E-state index contributed by atoms with van der Waals surface area (Å²) in [6, 6.07) is 7.72. The molecule has 110 valence electrons. The molecule has 0 bridgehead atoms. The highest BCUT2D eigenvalue weighted by Crippen LogP contribution is 2.37. The van der Waals surface area contributed by atoms with Crippen molar-refractivity contribution in [3.8, 4) is 0 Å². The number of imidazole rings is 1. The summed E-state index contributed by atoms with van der Waals surface area (Å²) in [5, 5.41) is 0. The Morgan fingerprint density at radius 1 is 1.33 bits per heavy atom. The Morgan fingerprint density at radius 3 is 2.71 bits per heavy atom. The lowest BCUT2D eigenvalue weighted by atomic mass is 10.3. The highest BCUT2D eigenvalue weighted by Gasteiger charge is 2.39. The number of aryl methyl sites for hydroxylation is 1. The molecule has 2 aromatic rings. The largest absolute Gasteiger partial charge is 0.331 e. The van der Waals surface area contributed by atoms with Crippen molar-refractivity contribution in [3.63, 3.8) is 0 Å². The molecular weight excluding hydrogens is 268 g/mol. The third-order valence-electron chi connectivity index (χ3n) is 3.97. The number of fused-ring (bicyclic) bond motifs is 1. The van der Waals surface area contributed by atoms with Crippen molar-refractivity contribution in [2.45, 2.75) is 19.8 Å². The van der Waals surface area contributed by atoms with Crippen molar-refractivity contribution in [3.05, 3.63) is 30.1 Å². The number of nitrogens with one attached hydrogen (secondary N) is 2. The molecule has 6 heteroatoms. The number of aromatic nitrogens is 2. The zero-order chi connectivity index (χ0) is 15.0. The van der Waals surface area contributed by atoms with Gasteiger partial charge in [0.2, 0.25) is 11.8 Å². The molecule has 2 atom stereocenters. The van der Waals surface area contributed by atoms with E-state index < -0.39 is 0 Å². The summed E-state index contributed by atoms with van der Waals surface area (Å²) in [5.41, 5.74) is 6.77. The van der Waals surface area contributed by atoms with E-state index in [9.17, 15) is 9.59 Å². The van der Waals surface area contributed by atoms with Gasteiger partial charge in [0.05, 0.1) is 17.5 Å². The monoisotopic (exact) mass is 286 g/mol. The van der Waals surface area contributed by atoms with Crippen LogP contribution in [0.5, 0.6) is 0 Å². The summed E-state index contributed by atoms with van der Waals surface area (Å²) >= 11 is 0. The molecule has 1 saturated carbocycles. The summed E-state index contributed by atoms with van der Waals surface area (Å²) in [5.74, 6) is 0.751. The summed E-state index contributed by atoms with van der Waals surface area (Å²) in [4.78, 5) is 28.0. The van der Waals surface area contributed by atoms with Gasteiger partial charge in [-0.05, 0) is 24.5 Å². The van der Waals surface area contributed by atoms with E-state index in [-0.39, 0.29) is 24.2 Å². The van der Waals surface area contributed by atoms with Crippen LogP contribution >= 0.6 is 0 Å². The molecule has 1 heterocycles. The molecule has 6 nitrogen and oxygen atoms in total. The second-order valence-electron chi connectivity index (χ2n) is 5.61. The minimum absolute atomic E-state index is 0.0426. The number of hydrogen-bond donors (Lipinski definition) is 2. The zero-order valence-electron chi connectivity index (χ0n) is 12.1. The van der Waals surface area contributed by atoms with Gasteiger partial charge in [-0.1, -0.05) is 19.1 Å². The summed E-state index contributed by atoms with van der Waals surface area (Å²) in [6.45, 7) is 2.02. The molecule has 0 radical (unpaired) electrons. The van der Waals surface area contributed by atoms with E-state index in [2.05, 4.69) is 15.8 Å². The summed E-state index contributed by atoms with van der Waals surface area (Å²) in [6.07, 6.45) is 1.03. The fourth-order valence-electron chi connectivity index (χ4n) is 2.45. The molecule has 0 saturated heterocycles. The van der Waals surface area contributed by atoms with Crippen LogP contribution in [0, 0.1) is 11.8 Å². The molecular formula is C15H18N4O2. The van der Waals surface area contributed by atoms with Crippen LogP contribution in [0.1, 0.15) is 19.2 Å². The van der Waals surface area contributed by atoms with E-state index in [0.29, 0.717) is 11.7 Å². The number of benzene rings is 1. The Kier molecular flexibility index (Phi) is 3.37. The maximum atomic E-state index is 11.9. The number of amides is 2. The van der Waals surface area contributed by atoms with Crippen molar-refractivity contribution in [2.24, 2.45) is 18.9 Å². The van der Waals surface area contributed by atoms with Gasteiger partial charge in [0.15, 0.2) is 0 Å². The normalized spacial score (nSPS) is 20.3. The maximum absolute atomic E-state index is 11.9. The summed E-state index contributed by atoms with van der Waals surface area (Å²) in [7, 11) is 1.88. The highest BCUT2D eigenvalue weighted by molar-refractivity contribution is 5.86. The van der Waals surface area contributed by atoms with Crippen LogP contribution in [0.2, 0.25) is 0 Å².